The molecule has 0 saturated carbocycles. The molecule has 2 N–H and O–H groups in total. The van der Waals surface area contributed by atoms with Gasteiger partial charge in [-0.15, -0.1) is 0 Å². The number of amides is 1. The van der Waals surface area contributed by atoms with E-state index in [1.807, 2.05) is 23.1 Å². The van der Waals surface area contributed by atoms with Crippen molar-refractivity contribution < 1.29 is 9.53 Å². The zero-order valence-electron chi connectivity index (χ0n) is 12.5. The zero-order chi connectivity index (χ0) is 15.2. The first-order chi connectivity index (χ1) is 10.2. The van der Waals surface area contributed by atoms with Crippen LogP contribution in [0.2, 0.25) is 0 Å². The van der Waals surface area contributed by atoms with Gasteiger partial charge in [-0.25, -0.2) is 0 Å². The Hall–Kier alpha value is -1.07. The fourth-order valence-corrected chi connectivity index (χ4v) is 3.31. The number of ether oxygens (including phenoxy) is 1. The van der Waals surface area contributed by atoms with E-state index in [1.54, 1.807) is 7.11 Å². The summed E-state index contributed by atoms with van der Waals surface area (Å²) in [6.07, 6.45) is 4.48. The van der Waals surface area contributed by atoms with Gasteiger partial charge < -0.3 is 15.4 Å². The highest BCUT2D eigenvalue weighted by molar-refractivity contribution is 9.10. The molecule has 0 bridgehead atoms. The Kier molecular flexibility index (Phi) is 6.06. The van der Waals surface area contributed by atoms with Crippen molar-refractivity contribution in [3.63, 3.8) is 0 Å². The molecule has 1 saturated heterocycles. The van der Waals surface area contributed by atoms with Crippen LogP contribution in [-0.4, -0.2) is 37.0 Å². The second kappa shape index (κ2) is 7.80. The lowest BCUT2D eigenvalue weighted by Gasteiger charge is -2.35. The predicted octanol–water partition coefficient (Wildman–Crippen LogP) is 2.73. The number of hydrogen-bond donors (Lipinski definition) is 1. The molecular weight excluding hydrogens is 332 g/mol. The van der Waals surface area contributed by atoms with Crippen molar-refractivity contribution in [2.45, 2.75) is 38.1 Å². The Morgan fingerprint density at radius 3 is 3.00 bits per heavy atom. The minimum Gasteiger partial charge on any atom is -0.496 e. The summed E-state index contributed by atoms with van der Waals surface area (Å²) >= 11 is 3.46. The highest BCUT2D eigenvalue weighted by Crippen LogP contribution is 2.25. The summed E-state index contributed by atoms with van der Waals surface area (Å²) in [5, 5.41) is 0. The van der Waals surface area contributed by atoms with Crippen LogP contribution in [0.15, 0.2) is 22.7 Å². The molecule has 0 aromatic heterocycles. The molecule has 1 atom stereocenters. The molecule has 0 spiro atoms. The van der Waals surface area contributed by atoms with E-state index >= 15 is 0 Å². The molecule has 0 radical (unpaired) electrons. The minimum atomic E-state index is 0.201. The van der Waals surface area contributed by atoms with Crippen molar-refractivity contribution in [1.29, 1.82) is 0 Å². The van der Waals surface area contributed by atoms with E-state index in [1.165, 1.54) is 6.42 Å². The molecule has 1 amide bonds. The first kappa shape index (κ1) is 16.3. The molecular formula is C16H23BrN2O2. The second-order valence-corrected chi connectivity index (χ2v) is 6.34. The molecule has 1 aromatic carbocycles. The van der Waals surface area contributed by atoms with Crippen molar-refractivity contribution in [2.75, 3.05) is 20.2 Å². The first-order valence-electron chi connectivity index (χ1n) is 7.47. The van der Waals surface area contributed by atoms with Gasteiger partial charge in [0.25, 0.3) is 0 Å². The number of hydrogen-bond acceptors (Lipinski definition) is 3. The molecule has 116 valence electrons. The summed E-state index contributed by atoms with van der Waals surface area (Å²) < 4.78 is 6.36. The van der Waals surface area contributed by atoms with Gasteiger partial charge in [-0.2, -0.15) is 0 Å². The maximum atomic E-state index is 12.4. The number of rotatable bonds is 5. The highest BCUT2D eigenvalue weighted by atomic mass is 79.9. The Morgan fingerprint density at radius 1 is 1.48 bits per heavy atom. The van der Waals surface area contributed by atoms with Gasteiger partial charge in [0.2, 0.25) is 5.91 Å². The third-order valence-corrected chi connectivity index (χ3v) is 4.56. The molecule has 1 aromatic rings. The van der Waals surface area contributed by atoms with Crippen molar-refractivity contribution in [1.82, 2.24) is 4.90 Å². The number of methoxy groups -OCH3 is 1. The summed E-state index contributed by atoms with van der Waals surface area (Å²) in [5.74, 6) is 1.03. The van der Waals surface area contributed by atoms with Gasteiger partial charge in [0, 0.05) is 30.0 Å². The lowest BCUT2D eigenvalue weighted by atomic mass is 10.0. The van der Waals surface area contributed by atoms with Gasteiger partial charge in [-0.1, -0.05) is 15.9 Å². The van der Waals surface area contributed by atoms with Crippen molar-refractivity contribution in [3.8, 4) is 5.75 Å². The highest BCUT2D eigenvalue weighted by Gasteiger charge is 2.25. The van der Waals surface area contributed by atoms with E-state index in [2.05, 4.69) is 15.9 Å². The number of piperidine rings is 1. The molecule has 1 fully saturated rings. The third kappa shape index (κ3) is 4.20. The van der Waals surface area contributed by atoms with Crippen molar-refractivity contribution in [2.24, 2.45) is 5.73 Å². The Labute approximate surface area is 134 Å². The maximum Gasteiger partial charge on any atom is 0.223 e. The number of aryl methyl sites for hydroxylation is 1. The summed E-state index contributed by atoms with van der Waals surface area (Å²) in [6.45, 7) is 1.41. The van der Waals surface area contributed by atoms with Crippen molar-refractivity contribution >= 4 is 21.8 Å². The van der Waals surface area contributed by atoms with E-state index in [4.69, 9.17) is 10.5 Å². The maximum absolute atomic E-state index is 12.4. The molecule has 4 nitrogen and oxygen atoms in total. The Bertz CT molecular complexity index is 493. The van der Waals surface area contributed by atoms with E-state index in [-0.39, 0.29) is 11.9 Å². The molecule has 1 heterocycles. The van der Waals surface area contributed by atoms with Gasteiger partial charge in [-0.05, 0) is 49.4 Å². The standard InChI is InChI=1S/C16H23BrN2O2/c1-21-15-7-6-13(17)10-12(15)5-8-16(20)19-9-3-2-4-14(19)11-18/h6-7,10,14H,2-5,8-9,11,18H2,1H3. The van der Waals surface area contributed by atoms with E-state index in [9.17, 15) is 4.79 Å². The summed E-state index contributed by atoms with van der Waals surface area (Å²) in [5.41, 5.74) is 6.84. The van der Waals surface area contributed by atoms with Crippen LogP contribution in [-0.2, 0) is 11.2 Å². The van der Waals surface area contributed by atoms with Gasteiger partial charge in [0.1, 0.15) is 5.75 Å². The monoisotopic (exact) mass is 354 g/mol. The number of nitrogens with two attached hydrogens (primary N) is 1. The average molecular weight is 355 g/mol. The van der Waals surface area contributed by atoms with Gasteiger partial charge in [0.05, 0.1) is 7.11 Å². The smallest absolute Gasteiger partial charge is 0.223 e. The van der Waals surface area contributed by atoms with E-state index in [0.717, 1.165) is 35.2 Å². The Balaban J connectivity index is 1.98. The van der Waals surface area contributed by atoms with Crippen LogP contribution in [0.1, 0.15) is 31.2 Å². The van der Waals surface area contributed by atoms with Crippen LogP contribution >= 0.6 is 15.9 Å². The SMILES string of the molecule is COc1ccc(Br)cc1CCC(=O)N1CCCCC1CN. The van der Waals surface area contributed by atoms with E-state index < -0.39 is 0 Å². The van der Waals surface area contributed by atoms with E-state index in [0.29, 0.717) is 19.4 Å². The quantitative estimate of drug-likeness (QED) is 0.884. The number of halogens is 1. The predicted molar refractivity (Wildman–Crippen MR) is 87.4 cm³/mol. The van der Waals surface area contributed by atoms with Crippen LogP contribution in [0, 0.1) is 0 Å². The largest absolute Gasteiger partial charge is 0.496 e. The first-order valence-corrected chi connectivity index (χ1v) is 8.27. The molecule has 0 aliphatic carbocycles. The fraction of sp³-hybridized carbons (Fsp3) is 0.562. The number of nitrogens with zero attached hydrogens (tertiary/aromatic N) is 1. The summed E-state index contributed by atoms with van der Waals surface area (Å²) in [6, 6.07) is 6.10. The van der Waals surface area contributed by atoms with Crippen LogP contribution in [0.25, 0.3) is 0 Å². The van der Waals surface area contributed by atoms with Crippen LogP contribution in [0.4, 0.5) is 0 Å². The minimum absolute atomic E-state index is 0.201. The second-order valence-electron chi connectivity index (χ2n) is 5.43. The Morgan fingerprint density at radius 2 is 2.29 bits per heavy atom. The van der Waals surface area contributed by atoms with Crippen LogP contribution in [0.5, 0.6) is 5.75 Å². The van der Waals surface area contributed by atoms with Crippen LogP contribution < -0.4 is 10.5 Å². The number of benzene rings is 1. The zero-order valence-corrected chi connectivity index (χ0v) is 14.1. The summed E-state index contributed by atoms with van der Waals surface area (Å²) in [7, 11) is 1.66. The number of likely N-dealkylation sites (tertiary alicyclic amines) is 1. The third-order valence-electron chi connectivity index (χ3n) is 4.07. The molecule has 2 rings (SSSR count). The van der Waals surface area contributed by atoms with Gasteiger partial charge in [-0.3, -0.25) is 4.79 Å². The topological polar surface area (TPSA) is 55.6 Å². The van der Waals surface area contributed by atoms with Crippen molar-refractivity contribution in [3.05, 3.63) is 28.2 Å². The molecule has 1 aliphatic heterocycles. The normalized spacial score (nSPS) is 18.6. The van der Waals surface area contributed by atoms with Gasteiger partial charge >= 0.3 is 0 Å². The lowest BCUT2D eigenvalue weighted by molar-refractivity contribution is -0.134. The fourth-order valence-electron chi connectivity index (χ4n) is 2.90. The van der Waals surface area contributed by atoms with Gasteiger partial charge in [0.15, 0.2) is 0 Å². The number of carbonyl (C=O) groups excluding carboxylic acids is 1. The number of carbonyl (C=O) groups is 1. The molecule has 21 heavy (non-hydrogen) atoms. The molecule has 1 unspecified atom stereocenters. The molecule has 1 aliphatic rings. The molecule has 5 heteroatoms. The average Bonchev–Trinajstić information content (AvgIpc) is 2.52. The van der Waals surface area contributed by atoms with Crippen LogP contribution in [0.3, 0.4) is 0 Å². The summed E-state index contributed by atoms with van der Waals surface area (Å²) in [4.78, 5) is 14.4. The lowest BCUT2D eigenvalue weighted by Crippen LogP contribution is -2.47.